The Morgan fingerprint density at radius 3 is 2.76 bits per heavy atom. The van der Waals surface area contributed by atoms with E-state index in [-0.39, 0.29) is 12.7 Å². The third kappa shape index (κ3) is 3.28. The molecular weight excluding hydrogens is 331 g/mol. The molecule has 17 heavy (non-hydrogen) atoms. The summed E-state index contributed by atoms with van der Waals surface area (Å²) in [5, 5.41) is 18.7. The van der Waals surface area contributed by atoms with Gasteiger partial charge in [0.1, 0.15) is 6.10 Å². The van der Waals surface area contributed by atoms with Gasteiger partial charge in [-0.1, -0.05) is 24.3 Å². The van der Waals surface area contributed by atoms with Crippen molar-refractivity contribution in [2.24, 2.45) is 0 Å². The molecule has 0 amide bonds. The Morgan fingerprint density at radius 1 is 1.29 bits per heavy atom. The molecular formula is C13H15IO3. The summed E-state index contributed by atoms with van der Waals surface area (Å²) in [6.45, 7) is -0.137. The zero-order chi connectivity index (χ0) is 12.3. The van der Waals surface area contributed by atoms with Crippen molar-refractivity contribution in [3.05, 3.63) is 45.6 Å². The van der Waals surface area contributed by atoms with Crippen molar-refractivity contribution in [2.75, 3.05) is 6.61 Å². The van der Waals surface area contributed by atoms with Crippen LogP contribution in [0.2, 0.25) is 0 Å². The van der Waals surface area contributed by atoms with E-state index in [2.05, 4.69) is 22.6 Å². The molecule has 2 rings (SSSR count). The first-order chi connectivity index (χ1) is 8.20. The molecule has 1 fully saturated rings. The minimum absolute atomic E-state index is 0.134. The van der Waals surface area contributed by atoms with Gasteiger partial charge >= 0.3 is 0 Å². The number of aliphatic hydroxyl groups is 2. The summed E-state index contributed by atoms with van der Waals surface area (Å²) < 4.78 is 6.76. The largest absolute Gasteiger partial charge is 0.394 e. The van der Waals surface area contributed by atoms with Crippen LogP contribution < -0.4 is 0 Å². The lowest BCUT2D eigenvalue weighted by atomic mass is 10.0. The van der Waals surface area contributed by atoms with E-state index in [1.54, 1.807) is 0 Å². The van der Waals surface area contributed by atoms with Gasteiger partial charge in [0, 0.05) is 10.0 Å². The van der Waals surface area contributed by atoms with Gasteiger partial charge in [-0.15, -0.1) is 0 Å². The minimum atomic E-state index is -0.580. The van der Waals surface area contributed by atoms with Crippen LogP contribution in [0.5, 0.6) is 0 Å². The molecule has 0 saturated carbocycles. The van der Waals surface area contributed by atoms with E-state index < -0.39 is 12.2 Å². The summed E-state index contributed by atoms with van der Waals surface area (Å²) in [5.41, 5.74) is 1.03. The van der Waals surface area contributed by atoms with E-state index in [4.69, 9.17) is 9.84 Å². The van der Waals surface area contributed by atoms with Crippen LogP contribution in [0.15, 0.2) is 45.6 Å². The Balaban J connectivity index is 2.11. The molecule has 3 atom stereocenters. The van der Waals surface area contributed by atoms with Crippen molar-refractivity contribution in [3.63, 3.8) is 0 Å². The molecule has 1 aliphatic carbocycles. The van der Waals surface area contributed by atoms with E-state index in [1.807, 2.05) is 36.5 Å². The van der Waals surface area contributed by atoms with Crippen molar-refractivity contribution < 1.29 is 14.9 Å². The molecule has 4 heteroatoms. The predicted molar refractivity (Wildman–Crippen MR) is 74.8 cm³/mol. The van der Waals surface area contributed by atoms with Gasteiger partial charge in [-0.25, -0.2) is 0 Å². The number of halogens is 1. The number of aliphatic hydroxyl groups excluding tert-OH is 2. The first-order valence-corrected chi connectivity index (χ1v) is 6.65. The summed E-state index contributed by atoms with van der Waals surface area (Å²) in [6.07, 6.45) is 11.3. The first-order valence-electron chi connectivity index (χ1n) is 5.57. The summed E-state index contributed by atoms with van der Waals surface area (Å²) in [7, 11) is 0. The molecule has 2 aliphatic rings. The Bertz CT molecular complexity index is 395. The highest BCUT2D eigenvalue weighted by Crippen LogP contribution is 2.27. The lowest BCUT2D eigenvalue weighted by Crippen LogP contribution is -2.24. The monoisotopic (exact) mass is 346 g/mol. The zero-order valence-electron chi connectivity index (χ0n) is 9.29. The highest BCUT2D eigenvalue weighted by atomic mass is 127. The highest BCUT2D eigenvalue weighted by molar-refractivity contribution is 14.1. The van der Waals surface area contributed by atoms with Crippen molar-refractivity contribution in [3.8, 4) is 0 Å². The fourth-order valence-electron chi connectivity index (χ4n) is 1.92. The zero-order valence-corrected chi connectivity index (χ0v) is 11.4. The normalized spacial score (nSPS) is 42.9. The van der Waals surface area contributed by atoms with Crippen LogP contribution in [0.1, 0.15) is 6.42 Å². The standard InChI is InChI=1S/C13H15IO3/c14-10-4-2-1-3-9(5-6-10)12-7-11(16)13(8-15)17-12/h1-6,11-13,15-16H,7-8H2/b2-1-,3-1?,4-2?,6-5-,9-3+,9-5?,10-4+,10-6?/t11?,12-,13-/m1/s1. The number of rotatable bonds is 2. The third-order valence-corrected chi connectivity index (χ3v) is 3.58. The maximum atomic E-state index is 9.70. The SMILES string of the molecule is OC[C@H]1O[C@@H](C2=C/C=C\C=C(I)/C=C\2)CC1O. The van der Waals surface area contributed by atoms with Crippen LogP contribution in [0.3, 0.4) is 0 Å². The molecule has 3 nitrogen and oxygen atoms in total. The van der Waals surface area contributed by atoms with Gasteiger partial charge in [0.15, 0.2) is 0 Å². The van der Waals surface area contributed by atoms with Crippen LogP contribution in [0.25, 0.3) is 0 Å². The van der Waals surface area contributed by atoms with E-state index in [1.165, 1.54) is 0 Å². The topological polar surface area (TPSA) is 49.7 Å². The number of allylic oxidation sites excluding steroid dienone is 6. The van der Waals surface area contributed by atoms with Crippen molar-refractivity contribution in [1.29, 1.82) is 0 Å². The molecule has 92 valence electrons. The fourth-order valence-corrected chi connectivity index (χ4v) is 2.31. The second-order valence-electron chi connectivity index (χ2n) is 4.09. The third-order valence-electron chi connectivity index (χ3n) is 2.87. The first kappa shape index (κ1) is 13.0. The molecule has 0 aromatic rings. The molecule has 1 aliphatic heterocycles. The number of ether oxygens (including phenoxy) is 1. The molecule has 0 radical (unpaired) electrons. The van der Waals surface area contributed by atoms with Crippen LogP contribution in [-0.4, -0.2) is 35.1 Å². The second kappa shape index (κ2) is 5.95. The van der Waals surface area contributed by atoms with Gasteiger partial charge in [0.2, 0.25) is 0 Å². The second-order valence-corrected chi connectivity index (χ2v) is 5.33. The van der Waals surface area contributed by atoms with Crippen LogP contribution in [0.4, 0.5) is 0 Å². The fraction of sp³-hybridized carbons (Fsp3) is 0.385. The molecule has 1 heterocycles. The van der Waals surface area contributed by atoms with Crippen LogP contribution in [0, 0.1) is 0 Å². The van der Waals surface area contributed by atoms with Crippen molar-refractivity contribution >= 4 is 22.6 Å². The minimum Gasteiger partial charge on any atom is -0.394 e. The van der Waals surface area contributed by atoms with Crippen LogP contribution in [-0.2, 0) is 4.74 Å². The van der Waals surface area contributed by atoms with E-state index in [9.17, 15) is 5.11 Å². The van der Waals surface area contributed by atoms with Gasteiger partial charge in [-0.3, -0.25) is 0 Å². The summed E-state index contributed by atoms with van der Waals surface area (Å²) in [4.78, 5) is 0. The number of hydrogen-bond acceptors (Lipinski definition) is 3. The van der Waals surface area contributed by atoms with Gasteiger partial charge in [-0.2, -0.15) is 0 Å². The van der Waals surface area contributed by atoms with Gasteiger partial charge in [-0.05, 0) is 40.3 Å². The van der Waals surface area contributed by atoms with Crippen molar-refractivity contribution in [1.82, 2.24) is 0 Å². The molecule has 2 N–H and O–H groups in total. The quantitative estimate of drug-likeness (QED) is 0.751. The van der Waals surface area contributed by atoms with E-state index in [0.717, 1.165) is 9.15 Å². The number of hydrogen-bond donors (Lipinski definition) is 2. The molecule has 0 aromatic carbocycles. The van der Waals surface area contributed by atoms with Gasteiger partial charge in [0.05, 0.1) is 18.8 Å². The lowest BCUT2D eigenvalue weighted by Gasteiger charge is -2.13. The van der Waals surface area contributed by atoms with Crippen LogP contribution >= 0.6 is 22.6 Å². The maximum Gasteiger partial charge on any atom is 0.107 e. The van der Waals surface area contributed by atoms with E-state index in [0.29, 0.717) is 6.42 Å². The Kier molecular flexibility index (Phi) is 4.55. The molecule has 0 spiro atoms. The van der Waals surface area contributed by atoms with Gasteiger partial charge < -0.3 is 14.9 Å². The Labute approximate surface area is 114 Å². The maximum absolute atomic E-state index is 9.70. The molecule has 0 aromatic heterocycles. The average molecular weight is 346 g/mol. The Morgan fingerprint density at radius 2 is 2.06 bits per heavy atom. The lowest BCUT2D eigenvalue weighted by molar-refractivity contribution is -0.0123. The highest BCUT2D eigenvalue weighted by Gasteiger charge is 2.34. The van der Waals surface area contributed by atoms with Gasteiger partial charge in [0.25, 0.3) is 0 Å². The van der Waals surface area contributed by atoms with E-state index >= 15 is 0 Å². The Hall–Kier alpha value is -0.430. The molecule has 0 bridgehead atoms. The molecule has 1 unspecified atom stereocenters. The predicted octanol–water partition coefficient (Wildman–Crippen LogP) is 1.87. The summed E-state index contributed by atoms with van der Waals surface area (Å²) in [5.74, 6) is 0. The average Bonchev–Trinajstić information content (AvgIpc) is 2.65. The summed E-state index contributed by atoms with van der Waals surface area (Å²) in [6, 6.07) is 0. The molecule has 1 saturated heterocycles. The summed E-state index contributed by atoms with van der Waals surface area (Å²) >= 11 is 2.25. The van der Waals surface area contributed by atoms with Crippen molar-refractivity contribution in [2.45, 2.75) is 24.7 Å². The smallest absolute Gasteiger partial charge is 0.107 e.